The molecule has 1 saturated carbocycles. The molecule has 3 heteroatoms. The summed E-state index contributed by atoms with van der Waals surface area (Å²) in [6.45, 7) is 3.60. The summed E-state index contributed by atoms with van der Waals surface area (Å²) < 4.78 is 0. The van der Waals surface area contributed by atoms with Gasteiger partial charge in [0.15, 0.2) is 0 Å². The number of rotatable bonds is 1. The van der Waals surface area contributed by atoms with E-state index in [0.717, 1.165) is 32.4 Å². The molecule has 0 aromatic carbocycles. The van der Waals surface area contributed by atoms with Gasteiger partial charge in [0.25, 0.3) is 0 Å². The second-order valence-electron chi connectivity index (χ2n) is 5.30. The molecule has 3 nitrogen and oxygen atoms in total. The first kappa shape index (κ1) is 10.9. The fraction of sp³-hybridized carbons (Fsp3) is 0.917. The molecule has 1 N–H and O–H groups in total. The Morgan fingerprint density at radius 1 is 1.40 bits per heavy atom. The third kappa shape index (κ3) is 2.32. The number of hydrogen-bond donors (Lipinski definition) is 1. The van der Waals surface area contributed by atoms with Crippen LogP contribution >= 0.6 is 0 Å². The van der Waals surface area contributed by atoms with Gasteiger partial charge in [-0.1, -0.05) is 12.8 Å². The molecule has 1 aliphatic carbocycles. The van der Waals surface area contributed by atoms with Crippen molar-refractivity contribution in [2.75, 3.05) is 13.1 Å². The van der Waals surface area contributed by atoms with Gasteiger partial charge in [-0.15, -0.1) is 0 Å². The Bertz CT molecular complexity index is 269. The van der Waals surface area contributed by atoms with E-state index in [4.69, 9.17) is 5.26 Å². The first-order chi connectivity index (χ1) is 7.12. The van der Waals surface area contributed by atoms with Crippen LogP contribution in [0.4, 0.5) is 0 Å². The Labute approximate surface area is 91.7 Å². The molecule has 0 aromatic rings. The number of hydrogen-bond acceptors (Lipinski definition) is 3. The maximum absolute atomic E-state index is 9.93. The monoisotopic (exact) mass is 208 g/mol. The van der Waals surface area contributed by atoms with Crippen molar-refractivity contribution in [3.8, 4) is 6.07 Å². The van der Waals surface area contributed by atoms with Crippen LogP contribution in [-0.2, 0) is 0 Å². The molecule has 2 aliphatic rings. The van der Waals surface area contributed by atoms with Gasteiger partial charge < -0.3 is 5.11 Å². The largest absolute Gasteiger partial charge is 0.389 e. The molecule has 1 heterocycles. The minimum Gasteiger partial charge on any atom is -0.389 e. The molecular weight excluding hydrogens is 188 g/mol. The summed E-state index contributed by atoms with van der Waals surface area (Å²) in [6, 6.07) is 2.84. The van der Waals surface area contributed by atoms with Crippen molar-refractivity contribution in [3.05, 3.63) is 0 Å². The number of nitriles is 1. The first-order valence-corrected chi connectivity index (χ1v) is 5.98. The van der Waals surface area contributed by atoms with Gasteiger partial charge in [0.1, 0.15) is 0 Å². The van der Waals surface area contributed by atoms with E-state index in [0.29, 0.717) is 6.04 Å². The van der Waals surface area contributed by atoms with Gasteiger partial charge in [-0.3, -0.25) is 4.90 Å². The summed E-state index contributed by atoms with van der Waals surface area (Å²) in [4.78, 5) is 2.33. The third-order valence-corrected chi connectivity index (χ3v) is 3.85. The van der Waals surface area contributed by atoms with E-state index in [1.54, 1.807) is 0 Å². The highest BCUT2D eigenvalue weighted by atomic mass is 16.3. The topological polar surface area (TPSA) is 47.3 Å². The van der Waals surface area contributed by atoms with Gasteiger partial charge in [-0.05, 0) is 26.2 Å². The van der Waals surface area contributed by atoms with E-state index in [2.05, 4.69) is 11.0 Å². The second-order valence-corrected chi connectivity index (χ2v) is 5.30. The van der Waals surface area contributed by atoms with Crippen molar-refractivity contribution in [3.63, 3.8) is 0 Å². The van der Waals surface area contributed by atoms with E-state index in [1.807, 2.05) is 6.92 Å². The fourth-order valence-electron chi connectivity index (χ4n) is 2.96. The predicted molar refractivity (Wildman–Crippen MR) is 58.2 cm³/mol. The van der Waals surface area contributed by atoms with Crippen molar-refractivity contribution in [2.24, 2.45) is 5.92 Å². The molecule has 84 valence electrons. The van der Waals surface area contributed by atoms with E-state index in [9.17, 15) is 5.11 Å². The molecule has 2 fully saturated rings. The number of β-amino-alcohol motifs (C(OH)–C–C–N with tert-alkyl or cyclic N) is 1. The molecule has 3 atom stereocenters. The molecule has 2 rings (SSSR count). The maximum Gasteiger partial charge on any atom is 0.0758 e. The second kappa shape index (κ2) is 4.11. The third-order valence-electron chi connectivity index (χ3n) is 3.85. The zero-order valence-corrected chi connectivity index (χ0v) is 9.45. The quantitative estimate of drug-likeness (QED) is 0.711. The van der Waals surface area contributed by atoms with Crippen LogP contribution in [0.25, 0.3) is 0 Å². The van der Waals surface area contributed by atoms with E-state index >= 15 is 0 Å². The van der Waals surface area contributed by atoms with Crippen molar-refractivity contribution in [1.29, 1.82) is 5.26 Å². The van der Waals surface area contributed by atoms with Crippen LogP contribution in [0, 0.1) is 17.2 Å². The summed E-state index contributed by atoms with van der Waals surface area (Å²) in [5, 5.41) is 19.0. The summed E-state index contributed by atoms with van der Waals surface area (Å²) in [5.41, 5.74) is -0.530. The number of aliphatic hydroxyl groups is 1. The van der Waals surface area contributed by atoms with E-state index < -0.39 is 5.60 Å². The van der Waals surface area contributed by atoms with Gasteiger partial charge >= 0.3 is 0 Å². The fourth-order valence-corrected chi connectivity index (χ4v) is 2.96. The van der Waals surface area contributed by atoms with Crippen LogP contribution in [0.15, 0.2) is 0 Å². The van der Waals surface area contributed by atoms with Crippen LogP contribution in [0.5, 0.6) is 0 Å². The van der Waals surface area contributed by atoms with Gasteiger partial charge in [0, 0.05) is 19.1 Å². The van der Waals surface area contributed by atoms with Crippen molar-refractivity contribution >= 4 is 0 Å². The zero-order chi connectivity index (χ0) is 10.9. The summed E-state index contributed by atoms with van der Waals surface area (Å²) in [5.74, 6) is 0.188. The Morgan fingerprint density at radius 2 is 2.13 bits per heavy atom. The van der Waals surface area contributed by atoms with E-state index in [-0.39, 0.29) is 5.92 Å². The number of nitrogens with zero attached hydrogens (tertiary/aromatic N) is 2. The van der Waals surface area contributed by atoms with Crippen LogP contribution in [0.2, 0.25) is 0 Å². The summed E-state index contributed by atoms with van der Waals surface area (Å²) >= 11 is 0. The minimum atomic E-state index is -0.530. The molecule has 0 bridgehead atoms. The Morgan fingerprint density at radius 3 is 2.73 bits per heavy atom. The van der Waals surface area contributed by atoms with Crippen molar-refractivity contribution in [2.45, 2.75) is 50.7 Å². The smallest absolute Gasteiger partial charge is 0.0758 e. The van der Waals surface area contributed by atoms with Crippen molar-refractivity contribution in [1.82, 2.24) is 4.90 Å². The number of likely N-dealkylation sites (tertiary alicyclic amines) is 1. The lowest BCUT2D eigenvalue weighted by molar-refractivity contribution is 0.0534. The highest BCUT2D eigenvalue weighted by Crippen LogP contribution is 2.32. The van der Waals surface area contributed by atoms with Crippen LogP contribution in [0.1, 0.15) is 39.0 Å². The maximum atomic E-state index is 9.93. The Balaban J connectivity index is 2.01. The Hall–Kier alpha value is -0.590. The molecular formula is C12H20N2O. The van der Waals surface area contributed by atoms with Crippen LogP contribution in [0.3, 0.4) is 0 Å². The van der Waals surface area contributed by atoms with Gasteiger partial charge in [0.05, 0.1) is 17.6 Å². The standard InChI is InChI=1S/C12H20N2O/c1-12(15)6-7-14(9-12)11-5-3-2-4-10(11)8-13/h10-11,15H,2-7,9H2,1H3. The SMILES string of the molecule is CC1(O)CCN(C2CCCCC2C#N)C1. The molecule has 1 saturated heterocycles. The lowest BCUT2D eigenvalue weighted by atomic mass is 9.84. The van der Waals surface area contributed by atoms with Crippen molar-refractivity contribution < 1.29 is 5.11 Å². The first-order valence-electron chi connectivity index (χ1n) is 5.98. The zero-order valence-electron chi connectivity index (χ0n) is 9.45. The molecule has 15 heavy (non-hydrogen) atoms. The Kier molecular flexibility index (Phi) is 2.99. The van der Waals surface area contributed by atoms with Gasteiger partial charge in [-0.25, -0.2) is 0 Å². The average Bonchev–Trinajstić information content (AvgIpc) is 2.59. The highest BCUT2D eigenvalue weighted by molar-refractivity contribution is 4.99. The average molecular weight is 208 g/mol. The lowest BCUT2D eigenvalue weighted by Gasteiger charge is -2.35. The summed E-state index contributed by atoms with van der Waals surface area (Å²) in [6.07, 6.45) is 5.45. The molecule has 1 aliphatic heterocycles. The van der Waals surface area contributed by atoms with E-state index in [1.165, 1.54) is 12.8 Å². The van der Waals surface area contributed by atoms with Gasteiger partial charge in [-0.2, -0.15) is 5.26 Å². The normalized spacial score (nSPS) is 42.7. The predicted octanol–water partition coefficient (Wildman–Crippen LogP) is 1.53. The molecule has 3 unspecified atom stereocenters. The van der Waals surface area contributed by atoms with Gasteiger partial charge in [0.2, 0.25) is 0 Å². The van der Waals surface area contributed by atoms with Crippen LogP contribution < -0.4 is 0 Å². The molecule has 0 aromatic heterocycles. The minimum absolute atomic E-state index is 0.188. The molecule has 0 radical (unpaired) electrons. The molecule has 0 spiro atoms. The van der Waals surface area contributed by atoms with Crippen LogP contribution in [-0.4, -0.2) is 34.7 Å². The highest BCUT2D eigenvalue weighted by Gasteiger charge is 2.38. The summed E-state index contributed by atoms with van der Waals surface area (Å²) in [7, 11) is 0. The molecule has 0 amide bonds. The lowest BCUT2D eigenvalue weighted by Crippen LogP contribution is -2.42.